The molecule has 0 bridgehead atoms. The number of pyridine rings is 1. The molecule has 2 N–H and O–H groups in total. The van der Waals surface area contributed by atoms with Crippen LogP contribution in [0.2, 0.25) is 0 Å². The van der Waals surface area contributed by atoms with Gasteiger partial charge in [0.1, 0.15) is 0 Å². The Labute approximate surface area is 157 Å². The number of amides is 1. The molecule has 0 aliphatic heterocycles. The summed E-state index contributed by atoms with van der Waals surface area (Å²) in [7, 11) is 0. The predicted octanol–water partition coefficient (Wildman–Crippen LogP) is -3.53. The summed E-state index contributed by atoms with van der Waals surface area (Å²) in [6.45, 7) is 5.40. The topological polar surface area (TPSA) is 54.0 Å². The van der Waals surface area contributed by atoms with E-state index in [0.29, 0.717) is 12.6 Å². The van der Waals surface area contributed by atoms with Crippen molar-refractivity contribution in [3.05, 3.63) is 42.7 Å². The van der Waals surface area contributed by atoms with Gasteiger partial charge in [-0.25, -0.2) is 0 Å². The molecule has 24 heavy (non-hydrogen) atoms. The third kappa shape index (κ3) is 8.13. The molecule has 4 nitrogen and oxygen atoms in total. The van der Waals surface area contributed by atoms with Gasteiger partial charge in [0.15, 0.2) is 0 Å². The molecule has 0 unspecified atom stereocenters. The zero-order valence-electron chi connectivity index (χ0n) is 14.0. The van der Waals surface area contributed by atoms with E-state index in [0.717, 1.165) is 50.8 Å². The van der Waals surface area contributed by atoms with Gasteiger partial charge in [-0.2, -0.15) is 0 Å². The molecule has 0 spiro atoms. The van der Waals surface area contributed by atoms with Crippen molar-refractivity contribution in [2.75, 3.05) is 13.1 Å². The van der Waals surface area contributed by atoms with Crippen LogP contribution in [0, 0.1) is 5.92 Å². The second-order valence-corrected chi connectivity index (χ2v) is 5.94. The molecule has 1 saturated carbocycles. The van der Waals surface area contributed by atoms with Crippen LogP contribution in [-0.2, 0) is 11.2 Å². The highest BCUT2D eigenvalue weighted by atomic mass is 35.5. The first-order valence-electron chi connectivity index (χ1n) is 8.31. The van der Waals surface area contributed by atoms with Crippen LogP contribution in [0.5, 0.6) is 0 Å². The van der Waals surface area contributed by atoms with E-state index < -0.39 is 0 Å². The molecule has 1 heterocycles. The Morgan fingerprint density at radius 1 is 1.21 bits per heavy atom. The molecule has 0 atom stereocenters. The van der Waals surface area contributed by atoms with E-state index in [1.807, 2.05) is 24.3 Å². The molecule has 2 rings (SSSR count). The smallest absolute Gasteiger partial charge is 0.223 e. The largest absolute Gasteiger partial charge is 1.00 e. The second-order valence-electron chi connectivity index (χ2n) is 5.94. The average Bonchev–Trinajstić information content (AvgIpc) is 2.56. The summed E-state index contributed by atoms with van der Waals surface area (Å²) in [5.74, 6) is 0.390. The van der Waals surface area contributed by atoms with Gasteiger partial charge in [-0.15, -0.1) is 6.58 Å². The Hall–Kier alpha value is -1.10. The predicted molar refractivity (Wildman–Crippen MR) is 89.5 cm³/mol. The number of carbonyl (C=O) groups is 1. The fourth-order valence-corrected chi connectivity index (χ4v) is 2.95. The van der Waals surface area contributed by atoms with Gasteiger partial charge in [0.25, 0.3) is 0 Å². The van der Waals surface area contributed by atoms with Crippen LogP contribution >= 0.6 is 0 Å². The molecule has 1 aromatic heterocycles. The van der Waals surface area contributed by atoms with Crippen LogP contribution in [0.1, 0.15) is 37.8 Å². The van der Waals surface area contributed by atoms with E-state index in [2.05, 4.69) is 22.2 Å². The molecule has 0 saturated heterocycles. The van der Waals surface area contributed by atoms with Gasteiger partial charge in [-0.3, -0.25) is 9.78 Å². The van der Waals surface area contributed by atoms with Crippen molar-refractivity contribution in [2.24, 2.45) is 5.92 Å². The van der Waals surface area contributed by atoms with Crippen molar-refractivity contribution in [3.63, 3.8) is 0 Å². The quantitative estimate of drug-likeness (QED) is 0.368. The van der Waals surface area contributed by atoms with E-state index in [9.17, 15) is 4.79 Å². The Kier molecular flexibility index (Phi) is 12.6. The Morgan fingerprint density at radius 2 is 1.96 bits per heavy atom. The minimum absolute atomic E-state index is 0. The summed E-state index contributed by atoms with van der Waals surface area (Å²) in [5, 5.41) is 6.59. The van der Waals surface area contributed by atoms with Gasteiger partial charge >= 0.3 is 0 Å². The molecule has 0 aromatic carbocycles. The third-order valence-corrected chi connectivity index (χ3v) is 4.29. The van der Waals surface area contributed by atoms with Crippen molar-refractivity contribution >= 4 is 5.91 Å². The first-order chi connectivity index (χ1) is 10.8. The van der Waals surface area contributed by atoms with Crippen LogP contribution < -0.4 is 35.4 Å². The lowest BCUT2D eigenvalue weighted by molar-refractivity contribution is -0.126. The van der Waals surface area contributed by atoms with Crippen LogP contribution in [0.4, 0.5) is 0 Å². The Morgan fingerprint density at radius 3 is 2.58 bits per heavy atom. The maximum absolute atomic E-state index is 12.2. The maximum Gasteiger partial charge on any atom is 0.223 e. The molecule has 1 amide bonds. The third-order valence-electron chi connectivity index (χ3n) is 4.29. The molecule has 1 aliphatic carbocycles. The first-order valence-corrected chi connectivity index (χ1v) is 8.31. The standard InChI is InChI=1S/C18H27N3O.2ClH/c1-2-3-12-19-17-9-7-15(8-10-17)18(22)21-14-11-16-6-4-5-13-20-16;;/h2,4-6,13,15,17,19H,1,3,7-12,14H2,(H,21,22);2*1H/p-2. The zero-order chi connectivity index (χ0) is 15.6. The second kappa shape index (κ2) is 13.2. The van der Waals surface area contributed by atoms with E-state index in [-0.39, 0.29) is 36.6 Å². The molecule has 1 aliphatic rings. The number of hydrogen-bond donors (Lipinski definition) is 2. The molecular weight excluding hydrogens is 345 g/mol. The van der Waals surface area contributed by atoms with Crippen LogP contribution in [0.25, 0.3) is 0 Å². The summed E-state index contributed by atoms with van der Waals surface area (Å²) >= 11 is 0. The van der Waals surface area contributed by atoms with Gasteiger partial charge in [0.2, 0.25) is 5.91 Å². The molecular formula is C18H27Cl2N3O-2. The SMILES string of the molecule is C=CCCNC1CCC(C(=O)NCCc2ccccn2)CC1.[Cl-].[Cl-]. The van der Waals surface area contributed by atoms with Gasteiger partial charge in [-0.1, -0.05) is 12.1 Å². The highest BCUT2D eigenvalue weighted by molar-refractivity contribution is 5.78. The average molecular weight is 372 g/mol. The summed E-state index contributed by atoms with van der Waals surface area (Å²) < 4.78 is 0. The van der Waals surface area contributed by atoms with E-state index in [4.69, 9.17) is 0 Å². The number of hydrogen-bond acceptors (Lipinski definition) is 3. The van der Waals surface area contributed by atoms with Crippen LogP contribution in [-0.4, -0.2) is 30.0 Å². The highest BCUT2D eigenvalue weighted by Gasteiger charge is 2.25. The molecule has 1 aromatic rings. The van der Waals surface area contributed by atoms with Crippen molar-refractivity contribution in [1.82, 2.24) is 15.6 Å². The number of nitrogens with one attached hydrogen (secondary N) is 2. The van der Waals surface area contributed by atoms with E-state index in [1.165, 1.54) is 0 Å². The van der Waals surface area contributed by atoms with Crippen molar-refractivity contribution in [2.45, 2.75) is 44.6 Å². The highest BCUT2D eigenvalue weighted by Crippen LogP contribution is 2.24. The monoisotopic (exact) mass is 371 g/mol. The molecule has 0 radical (unpaired) electrons. The number of aromatic nitrogens is 1. The molecule has 136 valence electrons. The lowest BCUT2D eigenvalue weighted by atomic mass is 9.85. The number of nitrogens with zero attached hydrogens (tertiary/aromatic N) is 1. The maximum atomic E-state index is 12.2. The Bertz CT molecular complexity index is 463. The molecule has 6 heteroatoms. The van der Waals surface area contributed by atoms with Crippen LogP contribution in [0.15, 0.2) is 37.1 Å². The molecule has 1 fully saturated rings. The first kappa shape index (κ1) is 22.9. The summed E-state index contributed by atoms with van der Waals surface area (Å²) in [4.78, 5) is 16.5. The lowest BCUT2D eigenvalue weighted by Crippen LogP contribution is -3.00. The summed E-state index contributed by atoms with van der Waals surface area (Å²) in [5.41, 5.74) is 1.03. The van der Waals surface area contributed by atoms with Crippen molar-refractivity contribution < 1.29 is 29.6 Å². The minimum atomic E-state index is 0. The zero-order valence-corrected chi connectivity index (χ0v) is 15.5. The number of halogens is 2. The fraction of sp³-hybridized carbons (Fsp3) is 0.556. The number of rotatable bonds is 8. The normalized spacial score (nSPS) is 19.5. The lowest BCUT2D eigenvalue weighted by Gasteiger charge is -2.28. The van der Waals surface area contributed by atoms with E-state index >= 15 is 0 Å². The minimum Gasteiger partial charge on any atom is -1.00 e. The van der Waals surface area contributed by atoms with Gasteiger partial charge in [0, 0.05) is 36.8 Å². The fourth-order valence-electron chi connectivity index (χ4n) is 2.95. The van der Waals surface area contributed by atoms with Crippen LogP contribution in [0.3, 0.4) is 0 Å². The Balaban J connectivity index is 0.00000264. The van der Waals surface area contributed by atoms with E-state index in [1.54, 1.807) is 6.20 Å². The van der Waals surface area contributed by atoms with Gasteiger partial charge < -0.3 is 35.4 Å². The van der Waals surface area contributed by atoms with Gasteiger partial charge in [-0.05, 0) is 50.8 Å². The van der Waals surface area contributed by atoms with Gasteiger partial charge in [0.05, 0.1) is 0 Å². The van der Waals surface area contributed by atoms with Crippen molar-refractivity contribution in [3.8, 4) is 0 Å². The summed E-state index contributed by atoms with van der Waals surface area (Å²) in [6, 6.07) is 6.44. The van der Waals surface area contributed by atoms with Crippen molar-refractivity contribution in [1.29, 1.82) is 0 Å². The number of carbonyl (C=O) groups excluding carboxylic acids is 1. The summed E-state index contributed by atoms with van der Waals surface area (Å²) in [6.07, 6.45) is 9.69.